The Balaban J connectivity index is 1.76. The van der Waals surface area contributed by atoms with E-state index in [1.807, 2.05) is 13.0 Å². The highest BCUT2D eigenvalue weighted by atomic mass is 19.1. The number of halogens is 1. The molecule has 1 heterocycles. The van der Waals surface area contributed by atoms with Gasteiger partial charge < -0.3 is 15.1 Å². The molecule has 5 heteroatoms. The Morgan fingerprint density at radius 2 is 1.84 bits per heavy atom. The Bertz CT molecular complexity index is 549. The van der Waals surface area contributed by atoms with E-state index in [4.69, 9.17) is 4.42 Å². The second-order valence-electron chi connectivity index (χ2n) is 4.16. The van der Waals surface area contributed by atoms with Gasteiger partial charge in [0.15, 0.2) is 0 Å². The Kier molecular flexibility index (Phi) is 4.18. The van der Waals surface area contributed by atoms with Crippen LogP contribution in [0, 0.1) is 12.7 Å². The van der Waals surface area contributed by atoms with Gasteiger partial charge in [-0.3, -0.25) is 0 Å². The van der Waals surface area contributed by atoms with E-state index in [-0.39, 0.29) is 11.8 Å². The fourth-order valence-electron chi connectivity index (χ4n) is 1.62. The highest BCUT2D eigenvalue weighted by molar-refractivity contribution is 5.73. The van der Waals surface area contributed by atoms with Gasteiger partial charge in [0.05, 0.1) is 6.26 Å². The number of nitrogens with one attached hydrogen (secondary N) is 2. The van der Waals surface area contributed by atoms with E-state index < -0.39 is 0 Å². The number of benzene rings is 1. The molecular weight excluding hydrogens is 247 g/mol. The lowest BCUT2D eigenvalue weighted by Gasteiger charge is -2.07. The average molecular weight is 262 g/mol. The fourth-order valence-corrected chi connectivity index (χ4v) is 1.62. The molecule has 0 spiro atoms. The molecule has 0 atom stereocenters. The van der Waals surface area contributed by atoms with Crippen LogP contribution in [0.25, 0.3) is 0 Å². The Morgan fingerprint density at radius 3 is 2.47 bits per heavy atom. The van der Waals surface area contributed by atoms with Crippen LogP contribution in [0.5, 0.6) is 0 Å². The van der Waals surface area contributed by atoms with E-state index in [0.717, 1.165) is 16.9 Å². The highest BCUT2D eigenvalue weighted by Gasteiger charge is 2.04. The maximum atomic E-state index is 12.7. The molecule has 0 bridgehead atoms. The standard InChI is InChI=1S/C14H15FN2O2/c1-10-12(6-7-19-10)9-17-14(18)16-8-11-2-4-13(15)5-3-11/h2-7H,8-9H2,1H3,(H2,16,17,18). The molecule has 2 aromatic rings. The zero-order valence-electron chi connectivity index (χ0n) is 10.6. The molecule has 100 valence electrons. The maximum Gasteiger partial charge on any atom is 0.315 e. The first-order chi connectivity index (χ1) is 9.15. The van der Waals surface area contributed by atoms with E-state index in [1.165, 1.54) is 12.1 Å². The Morgan fingerprint density at radius 1 is 1.16 bits per heavy atom. The molecule has 0 aliphatic rings. The van der Waals surface area contributed by atoms with Gasteiger partial charge >= 0.3 is 6.03 Å². The van der Waals surface area contributed by atoms with E-state index in [9.17, 15) is 9.18 Å². The van der Waals surface area contributed by atoms with E-state index in [2.05, 4.69) is 10.6 Å². The fraction of sp³-hybridized carbons (Fsp3) is 0.214. The second-order valence-corrected chi connectivity index (χ2v) is 4.16. The summed E-state index contributed by atoms with van der Waals surface area (Å²) in [7, 11) is 0. The number of furan rings is 1. The predicted octanol–water partition coefficient (Wildman–Crippen LogP) is 2.73. The summed E-state index contributed by atoms with van der Waals surface area (Å²) in [5.74, 6) is 0.502. The van der Waals surface area contributed by atoms with E-state index in [1.54, 1.807) is 18.4 Å². The zero-order valence-corrected chi connectivity index (χ0v) is 10.6. The summed E-state index contributed by atoms with van der Waals surface area (Å²) in [4.78, 5) is 11.6. The lowest BCUT2D eigenvalue weighted by atomic mass is 10.2. The first kappa shape index (κ1) is 13.1. The third-order valence-electron chi connectivity index (χ3n) is 2.77. The highest BCUT2D eigenvalue weighted by Crippen LogP contribution is 2.07. The summed E-state index contributed by atoms with van der Waals surface area (Å²) in [6.07, 6.45) is 1.59. The van der Waals surface area contributed by atoms with Crippen LogP contribution < -0.4 is 10.6 Å². The molecule has 0 aliphatic carbocycles. The molecule has 0 radical (unpaired) electrons. The number of carbonyl (C=O) groups is 1. The first-order valence-corrected chi connectivity index (χ1v) is 5.94. The SMILES string of the molecule is Cc1occc1CNC(=O)NCc1ccc(F)cc1. The van der Waals surface area contributed by atoms with Gasteiger partial charge in [0.1, 0.15) is 11.6 Å². The molecule has 2 amide bonds. The molecule has 0 saturated heterocycles. The quantitative estimate of drug-likeness (QED) is 0.890. The van der Waals surface area contributed by atoms with Gasteiger partial charge in [-0.2, -0.15) is 0 Å². The van der Waals surface area contributed by atoms with Gasteiger partial charge in [-0.15, -0.1) is 0 Å². The minimum absolute atomic E-state index is 0.273. The van der Waals surface area contributed by atoms with Gasteiger partial charge in [-0.05, 0) is 30.7 Å². The number of hydrogen-bond donors (Lipinski definition) is 2. The number of carbonyl (C=O) groups excluding carboxylic acids is 1. The smallest absolute Gasteiger partial charge is 0.315 e. The van der Waals surface area contributed by atoms with E-state index in [0.29, 0.717) is 13.1 Å². The van der Waals surface area contributed by atoms with Crippen molar-refractivity contribution < 1.29 is 13.6 Å². The molecule has 2 N–H and O–H groups in total. The topological polar surface area (TPSA) is 54.3 Å². The van der Waals surface area contributed by atoms with E-state index >= 15 is 0 Å². The molecule has 4 nitrogen and oxygen atoms in total. The van der Waals surface area contributed by atoms with Crippen molar-refractivity contribution in [2.45, 2.75) is 20.0 Å². The normalized spacial score (nSPS) is 10.2. The molecule has 2 rings (SSSR count). The van der Waals surface area contributed by atoms with Crippen molar-refractivity contribution in [3.05, 3.63) is 59.3 Å². The first-order valence-electron chi connectivity index (χ1n) is 5.94. The summed E-state index contributed by atoms with van der Waals surface area (Å²) >= 11 is 0. The second kappa shape index (κ2) is 6.04. The predicted molar refractivity (Wildman–Crippen MR) is 68.9 cm³/mol. The number of urea groups is 1. The van der Waals surface area contributed by atoms with Crippen LogP contribution in [0.15, 0.2) is 41.0 Å². The van der Waals surface area contributed by atoms with Crippen LogP contribution in [0.2, 0.25) is 0 Å². The van der Waals surface area contributed by atoms with Crippen LogP contribution in [0.1, 0.15) is 16.9 Å². The van der Waals surface area contributed by atoms with Gasteiger partial charge in [0.25, 0.3) is 0 Å². The van der Waals surface area contributed by atoms with Crippen molar-refractivity contribution in [1.29, 1.82) is 0 Å². The summed E-state index contributed by atoms with van der Waals surface area (Å²) in [6, 6.07) is 7.54. The maximum absolute atomic E-state index is 12.7. The Labute approximate surface area is 110 Å². The molecule has 0 fully saturated rings. The third-order valence-corrected chi connectivity index (χ3v) is 2.77. The van der Waals surface area contributed by atoms with Crippen molar-refractivity contribution >= 4 is 6.03 Å². The van der Waals surface area contributed by atoms with Gasteiger partial charge in [0.2, 0.25) is 0 Å². The minimum Gasteiger partial charge on any atom is -0.469 e. The van der Waals surface area contributed by atoms with Crippen LogP contribution >= 0.6 is 0 Å². The molecule has 19 heavy (non-hydrogen) atoms. The van der Waals surface area contributed by atoms with Gasteiger partial charge in [-0.25, -0.2) is 9.18 Å². The van der Waals surface area contributed by atoms with Crippen molar-refractivity contribution in [1.82, 2.24) is 10.6 Å². The van der Waals surface area contributed by atoms with Crippen LogP contribution in [-0.2, 0) is 13.1 Å². The number of aryl methyl sites for hydroxylation is 1. The lowest BCUT2D eigenvalue weighted by molar-refractivity contribution is 0.240. The lowest BCUT2D eigenvalue weighted by Crippen LogP contribution is -2.34. The molecule has 0 unspecified atom stereocenters. The monoisotopic (exact) mass is 262 g/mol. The Hall–Kier alpha value is -2.30. The van der Waals surface area contributed by atoms with Crippen molar-refractivity contribution in [3.63, 3.8) is 0 Å². The zero-order chi connectivity index (χ0) is 13.7. The number of amides is 2. The number of hydrogen-bond acceptors (Lipinski definition) is 2. The van der Waals surface area contributed by atoms with Crippen LogP contribution in [0.4, 0.5) is 9.18 Å². The molecule has 1 aromatic carbocycles. The van der Waals surface area contributed by atoms with Crippen LogP contribution in [-0.4, -0.2) is 6.03 Å². The summed E-state index contributed by atoms with van der Waals surface area (Å²) in [5.41, 5.74) is 1.79. The summed E-state index contributed by atoms with van der Waals surface area (Å²) in [6.45, 7) is 2.61. The van der Waals surface area contributed by atoms with Gasteiger partial charge in [-0.1, -0.05) is 12.1 Å². The molecule has 1 aromatic heterocycles. The largest absolute Gasteiger partial charge is 0.469 e. The average Bonchev–Trinajstić information content (AvgIpc) is 2.81. The molecule has 0 saturated carbocycles. The summed E-state index contributed by atoms with van der Waals surface area (Å²) in [5, 5.41) is 5.42. The van der Waals surface area contributed by atoms with Crippen molar-refractivity contribution in [2.75, 3.05) is 0 Å². The third kappa shape index (κ3) is 3.84. The van der Waals surface area contributed by atoms with Crippen LogP contribution in [0.3, 0.4) is 0 Å². The number of rotatable bonds is 4. The minimum atomic E-state index is -0.288. The van der Waals surface area contributed by atoms with Gasteiger partial charge in [0, 0.05) is 18.7 Å². The van der Waals surface area contributed by atoms with Crippen molar-refractivity contribution in [2.24, 2.45) is 0 Å². The molecule has 0 aliphatic heterocycles. The molecular formula is C14H15FN2O2. The summed E-state index contributed by atoms with van der Waals surface area (Å²) < 4.78 is 17.8. The van der Waals surface area contributed by atoms with Crippen molar-refractivity contribution in [3.8, 4) is 0 Å².